The van der Waals surface area contributed by atoms with Gasteiger partial charge in [-0.15, -0.1) is 0 Å². The summed E-state index contributed by atoms with van der Waals surface area (Å²) in [7, 11) is 1.40. The van der Waals surface area contributed by atoms with Crippen LogP contribution in [0.5, 0.6) is 5.75 Å². The van der Waals surface area contributed by atoms with Crippen molar-refractivity contribution in [1.82, 2.24) is 14.7 Å². The van der Waals surface area contributed by atoms with Gasteiger partial charge in [-0.3, -0.25) is 19.4 Å². The standard InChI is InChI=1S/C27H23ClF2N4O5/c1-3-21(22(35)8-14-4-7-19(27(31)37)32-12-14)34-13-24(38-2)18(10-25(34)36)17-9-15(28)5-6-16(17)20-11-23(26(29)30)39-33-20/h4-7,9-13,21,26H,3,8H2,1-2H3,(H2,31,37). The number of primary amides is 1. The van der Waals surface area contributed by atoms with Crippen molar-refractivity contribution < 1.29 is 27.6 Å². The van der Waals surface area contributed by atoms with Crippen molar-refractivity contribution in [3.05, 3.63) is 87.3 Å². The van der Waals surface area contributed by atoms with Gasteiger partial charge >= 0.3 is 0 Å². The smallest absolute Gasteiger partial charge is 0.298 e. The topological polar surface area (TPSA) is 130 Å². The van der Waals surface area contributed by atoms with Crippen molar-refractivity contribution >= 4 is 23.3 Å². The number of hydrogen-bond acceptors (Lipinski definition) is 7. The van der Waals surface area contributed by atoms with Gasteiger partial charge in [0.05, 0.1) is 19.3 Å². The minimum absolute atomic E-state index is 0.0296. The summed E-state index contributed by atoms with van der Waals surface area (Å²) in [6.45, 7) is 1.77. The van der Waals surface area contributed by atoms with Crippen LogP contribution < -0.4 is 16.0 Å². The van der Waals surface area contributed by atoms with E-state index in [9.17, 15) is 23.2 Å². The number of ketones is 1. The number of Topliss-reactive ketones (excluding diaryl/α,β-unsaturated/α-hetero) is 1. The molecule has 0 saturated heterocycles. The predicted octanol–water partition coefficient (Wildman–Crippen LogP) is 5.03. The summed E-state index contributed by atoms with van der Waals surface area (Å²) in [5, 5.41) is 4.07. The fraction of sp³-hybridized carbons (Fsp3) is 0.222. The number of carbonyl (C=O) groups excluding carboxylic acids is 2. The number of nitrogens with zero attached hydrogens (tertiary/aromatic N) is 3. The molecule has 0 radical (unpaired) electrons. The van der Waals surface area contributed by atoms with Crippen molar-refractivity contribution in [2.24, 2.45) is 5.73 Å². The minimum atomic E-state index is -2.85. The van der Waals surface area contributed by atoms with E-state index in [1.165, 1.54) is 36.2 Å². The van der Waals surface area contributed by atoms with E-state index in [-0.39, 0.29) is 29.3 Å². The van der Waals surface area contributed by atoms with Crippen LogP contribution in [-0.4, -0.2) is 33.5 Å². The van der Waals surface area contributed by atoms with Crippen LogP contribution >= 0.6 is 11.6 Å². The Kier molecular flexibility index (Phi) is 8.20. The lowest BCUT2D eigenvalue weighted by Gasteiger charge is -2.20. The number of nitrogens with two attached hydrogens (primary N) is 1. The molecule has 0 fully saturated rings. The van der Waals surface area contributed by atoms with E-state index in [1.807, 2.05) is 0 Å². The quantitative estimate of drug-likeness (QED) is 0.290. The van der Waals surface area contributed by atoms with E-state index in [1.54, 1.807) is 31.2 Å². The monoisotopic (exact) mass is 556 g/mol. The number of benzene rings is 1. The zero-order chi connectivity index (χ0) is 28.3. The number of alkyl halides is 2. The van der Waals surface area contributed by atoms with Crippen molar-refractivity contribution in [3.8, 4) is 28.1 Å². The first-order valence-corrected chi connectivity index (χ1v) is 12.1. The zero-order valence-corrected chi connectivity index (χ0v) is 21.6. The number of carbonyl (C=O) groups is 2. The highest BCUT2D eigenvalue weighted by atomic mass is 35.5. The minimum Gasteiger partial charge on any atom is -0.495 e. The largest absolute Gasteiger partial charge is 0.495 e. The summed E-state index contributed by atoms with van der Waals surface area (Å²) in [6.07, 6.45) is 0.252. The highest BCUT2D eigenvalue weighted by Gasteiger charge is 2.24. The van der Waals surface area contributed by atoms with Gasteiger partial charge in [-0.2, -0.15) is 0 Å². The second-order valence-electron chi connectivity index (χ2n) is 8.59. The molecule has 0 spiro atoms. The molecule has 39 heavy (non-hydrogen) atoms. The molecular formula is C27H23ClF2N4O5. The molecule has 0 aliphatic rings. The van der Waals surface area contributed by atoms with Gasteiger partial charge < -0.3 is 19.6 Å². The van der Waals surface area contributed by atoms with E-state index >= 15 is 0 Å². The Hall–Kier alpha value is -4.38. The van der Waals surface area contributed by atoms with Crippen LogP contribution in [0.1, 0.15) is 47.6 Å². The van der Waals surface area contributed by atoms with Crippen LogP contribution in [0, 0.1) is 0 Å². The highest BCUT2D eigenvalue weighted by Crippen LogP contribution is 2.39. The van der Waals surface area contributed by atoms with E-state index in [0.29, 0.717) is 33.7 Å². The van der Waals surface area contributed by atoms with E-state index < -0.39 is 29.7 Å². The normalized spacial score (nSPS) is 11.9. The lowest BCUT2D eigenvalue weighted by molar-refractivity contribution is -0.121. The number of methoxy groups -OCH3 is 1. The van der Waals surface area contributed by atoms with Crippen molar-refractivity contribution in [2.75, 3.05) is 7.11 Å². The molecule has 3 heterocycles. The summed E-state index contributed by atoms with van der Waals surface area (Å²) >= 11 is 6.23. The second-order valence-corrected chi connectivity index (χ2v) is 9.03. The molecule has 0 bridgehead atoms. The molecule has 2 N–H and O–H groups in total. The Morgan fingerprint density at radius 1 is 1.13 bits per heavy atom. The maximum atomic E-state index is 13.3. The molecule has 202 valence electrons. The molecule has 4 rings (SSSR count). The first kappa shape index (κ1) is 27.6. The van der Waals surface area contributed by atoms with Crippen molar-refractivity contribution in [2.45, 2.75) is 32.2 Å². The summed E-state index contributed by atoms with van der Waals surface area (Å²) in [5.41, 5.74) is 6.59. The maximum absolute atomic E-state index is 13.3. The molecule has 0 aliphatic carbocycles. The molecule has 9 nitrogen and oxygen atoms in total. The number of halogens is 3. The van der Waals surface area contributed by atoms with Gasteiger partial charge in [0.15, 0.2) is 5.78 Å². The number of ether oxygens (including phenoxy) is 1. The molecule has 3 aromatic heterocycles. The van der Waals surface area contributed by atoms with Gasteiger partial charge in [-0.25, -0.2) is 8.78 Å². The molecule has 12 heteroatoms. The number of aromatic nitrogens is 3. The second kappa shape index (κ2) is 11.6. The van der Waals surface area contributed by atoms with Crippen LogP contribution in [0.25, 0.3) is 22.4 Å². The lowest BCUT2D eigenvalue weighted by atomic mass is 9.97. The SMILES string of the molecule is CCC(C(=O)Cc1ccc(C(N)=O)nc1)n1cc(OC)c(-c2cc(Cl)ccc2-c2cc(C(F)F)on2)cc1=O. The summed E-state index contributed by atoms with van der Waals surface area (Å²) in [5.74, 6) is -1.29. The van der Waals surface area contributed by atoms with Crippen LogP contribution in [0.2, 0.25) is 5.02 Å². The van der Waals surface area contributed by atoms with Crippen LogP contribution in [0.4, 0.5) is 8.78 Å². The molecule has 1 amide bonds. The Bertz CT molecular complexity index is 1580. The van der Waals surface area contributed by atoms with Gasteiger partial charge in [0.2, 0.25) is 5.76 Å². The number of pyridine rings is 2. The zero-order valence-electron chi connectivity index (χ0n) is 20.9. The van der Waals surface area contributed by atoms with Gasteiger partial charge in [-0.05, 0) is 35.7 Å². The molecular weight excluding hydrogens is 534 g/mol. The summed E-state index contributed by atoms with van der Waals surface area (Å²) in [6, 6.07) is 9.28. The van der Waals surface area contributed by atoms with Crippen LogP contribution in [-0.2, 0) is 11.2 Å². The number of hydrogen-bond donors (Lipinski definition) is 1. The Balaban J connectivity index is 1.73. The van der Waals surface area contributed by atoms with Gasteiger partial charge in [0.25, 0.3) is 17.9 Å². The fourth-order valence-corrected chi connectivity index (χ4v) is 4.37. The summed E-state index contributed by atoms with van der Waals surface area (Å²) in [4.78, 5) is 41.7. The Labute approximate surface area is 226 Å². The van der Waals surface area contributed by atoms with Crippen LogP contribution in [0.3, 0.4) is 0 Å². The maximum Gasteiger partial charge on any atom is 0.298 e. The Morgan fingerprint density at radius 2 is 1.90 bits per heavy atom. The van der Waals surface area contributed by atoms with E-state index in [2.05, 4.69) is 10.1 Å². The third-order valence-electron chi connectivity index (χ3n) is 6.10. The number of amides is 1. The van der Waals surface area contributed by atoms with Crippen molar-refractivity contribution in [1.29, 1.82) is 0 Å². The predicted molar refractivity (Wildman–Crippen MR) is 139 cm³/mol. The fourth-order valence-electron chi connectivity index (χ4n) is 4.20. The number of rotatable bonds is 10. The first-order valence-electron chi connectivity index (χ1n) is 11.8. The summed E-state index contributed by atoms with van der Waals surface area (Å²) < 4.78 is 37.8. The average molecular weight is 557 g/mol. The van der Waals surface area contributed by atoms with Gasteiger partial charge in [0.1, 0.15) is 17.1 Å². The third-order valence-corrected chi connectivity index (χ3v) is 6.34. The molecule has 1 aromatic carbocycles. The highest BCUT2D eigenvalue weighted by molar-refractivity contribution is 6.31. The first-order chi connectivity index (χ1) is 18.6. The molecule has 0 aliphatic heterocycles. The Morgan fingerprint density at radius 3 is 2.49 bits per heavy atom. The third kappa shape index (κ3) is 5.88. The van der Waals surface area contributed by atoms with Gasteiger partial charge in [0, 0.05) is 40.9 Å². The van der Waals surface area contributed by atoms with E-state index in [0.717, 1.165) is 6.07 Å². The van der Waals surface area contributed by atoms with Gasteiger partial charge in [-0.1, -0.05) is 35.8 Å². The molecule has 1 unspecified atom stereocenters. The van der Waals surface area contributed by atoms with Crippen molar-refractivity contribution in [3.63, 3.8) is 0 Å². The van der Waals surface area contributed by atoms with Crippen LogP contribution in [0.15, 0.2) is 64.2 Å². The molecule has 1 atom stereocenters. The molecule has 0 saturated carbocycles. The lowest BCUT2D eigenvalue weighted by Crippen LogP contribution is -2.30. The molecule has 4 aromatic rings. The average Bonchev–Trinajstić information content (AvgIpc) is 3.40. The van der Waals surface area contributed by atoms with E-state index in [4.69, 9.17) is 26.6 Å².